The molecule has 2 heterocycles. The lowest BCUT2D eigenvalue weighted by Gasteiger charge is -2.24. The van der Waals surface area contributed by atoms with Crippen LogP contribution in [0.4, 0.5) is 0 Å². The zero-order chi connectivity index (χ0) is 22.0. The highest BCUT2D eigenvalue weighted by atomic mass is 16.2. The number of nitrogens with one attached hydrogen (secondary N) is 2. The Balaban J connectivity index is 1.50. The molecule has 166 valence electrons. The Morgan fingerprint density at radius 2 is 1.87 bits per heavy atom. The van der Waals surface area contributed by atoms with Crippen molar-refractivity contribution in [2.75, 3.05) is 19.6 Å². The van der Waals surface area contributed by atoms with E-state index in [1.54, 1.807) is 0 Å². The van der Waals surface area contributed by atoms with Gasteiger partial charge in [0.25, 0.3) is 0 Å². The van der Waals surface area contributed by atoms with Gasteiger partial charge >= 0.3 is 0 Å². The van der Waals surface area contributed by atoms with E-state index in [1.165, 1.54) is 27.4 Å². The number of hydrogen-bond acceptors (Lipinski definition) is 3. The standard InChI is InChI=1S/C26H36N4O/c1-5-27-26(31)25-14-20(17-29(25)16-18(3)4)28-15-19-11-12-24-22(13-19)21-9-7-8-10-23(21)30(24)6-2/h7-13,18,20,25,28H,5-6,14-17H2,1-4H3,(H,27,31)/t20-,25+/m1/s1. The number of likely N-dealkylation sites (N-methyl/N-ethyl adjacent to an activating group) is 1. The van der Waals surface area contributed by atoms with Gasteiger partial charge in [0, 0.05) is 60.6 Å². The first-order chi connectivity index (χ1) is 15.0. The van der Waals surface area contributed by atoms with Crippen LogP contribution in [-0.4, -0.2) is 47.1 Å². The van der Waals surface area contributed by atoms with Gasteiger partial charge in [0.1, 0.15) is 0 Å². The highest BCUT2D eigenvalue weighted by Gasteiger charge is 2.36. The van der Waals surface area contributed by atoms with E-state index in [9.17, 15) is 4.79 Å². The Hall–Kier alpha value is -2.37. The van der Waals surface area contributed by atoms with E-state index < -0.39 is 0 Å². The Labute approximate surface area is 185 Å². The maximum absolute atomic E-state index is 12.6. The molecule has 3 aromatic rings. The number of carbonyl (C=O) groups excluding carboxylic acids is 1. The molecule has 31 heavy (non-hydrogen) atoms. The molecule has 1 aliphatic heterocycles. The molecule has 2 atom stereocenters. The van der Waals surface area contributed by atoms with E-state index in [0.29, 0.717) is 18.5 Å². The molecule has 2 aromatic carbocycles. The predicted octanol–water partition coefficient (Wildman–Crippen LogP) is 4.14. The summed E-state index contributed by atoms with van der Waals surface area (Å²) >= 11 is 0. The molecule has 0 spiro atoms. The topological polar surface area (TPSA) is 49.3 Å². The summed E-state index contributed by atoms with van der Waals surface area (Å²) in [4.78, 5) is 14.9. The van der Waals surface area contributed by atoms with E-state index in [0.717, 1.165) is 32.6 Å². The molecule has 0 bridgehead atoms. The minimum atomic E-state index is -0.0233. The quantitative estimate of drug-likeness (QED) is 0.576. The molecule has 1 saturated heterocycles. The highest BCUT2D eigenvalue weighted by molar-refractivity contribution is 6.08. The number of para-hydroxylation sites is 1. The zero-order valence-corrected chi connectivity index (χ0v) is 19.3. The first-order valence-electron chi connectivity index (χ1n) is 11.8. The van der Waals surface area contributed by atoms with Crippen LogP contribution in [-0.2, 0) is 17.9 Å². The fraction of sp³-hybridized carbons (Fsp3) is 0.500. The van der Waals surface area contributed by atoms with Crippen LogP contribution >= 0.6 is 0 Å². The fourth-order valence-corrected chi connectivity index (χ4v) is 5.10. The van der Waals surface area contributed by atoms with Gasteiger partial charge in [-0.05, 0) is 49.9 Å². The van der Waals surface area contributed by atoms with Crippen LogP contribution in [0.25, 0.3) is 21.8 Å². The molecule has 0 radical (unpaired) electrons. The molecule has 4 rings (SSSR count). The Morgan fingerprint density at radius 1 is 1.10 bits per heavy atom. The van der Waals surface area contributed by atoms with Crippen molar-refractivity contribution in [1.82, 2.24) is 20.1 Å². The van der Waals surface area contributed by atoms with E-state index in [-0.39, 0.29) is 11.9 Å². The third-order valence-corrected chi connectivity index (χ3v) is 6.40. The molecular formula is C26H36N4O. The number of aromatic nitrogens is 1. The zero-order valence-electron chi connectivity index (χ0n) is 19.3. The minimum absolute atomic E-state index is 0.0233. The summed E-state index contributed by atoms with van der Waals surface area (Å²) in [6.45, 7) is 13.0. The van der Waals surface area contributed by atoms with Crippen LogP contribution in [0.2, 0.25) is 0 Å². The molecule has 1 aromatic heterocycles. The molecule has 0 aliphatic carbocycles. The number of benzene rings is 2. The summed E-state index contributed by atoms with van der Waals surface area (Å²) in [6.07, 6.45) is 0.871. The number of aryl methyl sites for hydroxylation is 1. The van der Waals surface area contributed by atoms with Crippen LogP contribution in [0, 0.1) is 5.92 Å². The van der Waals surface area contributed by atoms with Crippen molar-refractivity contribution >= 4 is 27.7 Å². The predicted molar refractivity (Wildman–Crippen MR) is 129 cm³/mol. The number of likely N-dealkylation sites (tertiary alicyclic amines) is 1. The van der Waals surface area contributed by atoms with Crippen molar-refractivity contribution in [3.05, 3.63) is 48.0 Å². The largest absolute Gasteiger partial charge is 0.355 e. The van der Waals surface area contributed by atoms with Crippen LogP contribution in [0.1, 0.15) is 39.7 Å². The van der Waals surface area contributed by atoms with E-state index >= 15 is 0 Å². The van der Waals surface area contributed by atoms with Crippen LogP contribution < -0.4 is 10.6 Å². The second-order valence-electron chi connectivity index (χ2n) is 9.18. The van der Waals surface area contributed by atoms with Gasteiger partial charge in [-0.15, -0.1) is 0 Å². The van der Waals surface area contributed by atoms with Gasteiger partial charge in [0.2, 0.25) is 5.91 Å². The highest BCUT2D eigenvalue weighted by Crippen LogP contribution is 2.30. The molecular weight excluding hydrogens is 384 g/mol. The summed E-state index contributed by atoms with van der Waals surface area (Å²) in [5.74, 6) is 0.718. The Morgan fingerprint density at radius 3 is 2.61 bits per heavy atom. The van der Waals surface area contributed by atoms with Crippen molar-refractivity contribution in [2.24, 2.45) is 5.92 Å². The van der Waals surface area contributed by atoms with Gasteiger partial charge in [0.15, 0.2) is 0 Å². The van der Waals surface area contributed by atoms with Crippen molar-refractivity contribution < 1.29 is 4.79 Å². The molecule has 1 fully saturated rings. The number of carbonyl (C=O) groups is 1. The molecule has 5 nitrogen and oxygen atoms in total. The molecule has 1 amide bonds. The van der Waals surface area contributed by atoms with Crippen LogP contribution in [0.5, 0.6) is 0 Å². The number of nitrogens with zero attached hydrogens (tertiary/aromatic N) is 2. The Kier molecular flexibility index (Phi) is 6.63. The summed E-state index contributed by atoms with van der Waals surface area (Å²) in [5, 5.41) is 9.40. The van der Waals surface area contributed by atoms with Crippen molar-refractivity contribution in [2.45, 2.75) is 59.3 Å². The Bertz CT molecular complexity index is 1050. The molecule has 5 heteroatoms. The third-order valence-electron chi connectivity index (χ3n) is 6.40. The van der Waals surface area contributed by atoms with Crippen LogP contribution in [0.3, 0.4) is 0 Å². The second kappa shape index (κ2) is 9.41. The normalized spacial score (nSPS) is 19.6. The van der Waals surface area contributed by atoms with Gasteiger partial charge < -0.3 is 15.2 Å². The molecule has 1 aliphatic rings. The molecule has 0 saturated carbocycles. The first kappa shape index (κ1) is 21.8. The fourth-order valence-electron chi connectivity index (χ4n) is 5.10. The first-order valence-corrected chi connectivity index (χ1v) is 11.8. The van der Waals surface area contributed by atoms with Gasteiger partial charge in [0.05, 0.1) is 6.04 Å². The average molecular weight is 421 g/mol. The SMILES string of the molecule is CCNC(=O)[C@@H]1C[C@@H](NCc2ccc3c(c2)c2ccccc2n3CC)CN1CC(C)C. The summed E-state index contributed by atoms with van der Waals surface area (Å²) < 4.78 is 2.39. The summed E-state index contributed by atoms with van der Waals surface area (Å²) in [6, 6.07) is 15.8. The summed E-state index contributed by atoms with van der Waals surface area (Å²) in [5.41, 5.74) is 3.89. The van der Waals surface area contributed by atoms with E-state index in [1.807, 2.05) is 6.92 Å². The van der Waals surface area contributed by atoms with Gasteiger partial charge in [-0.25, -0.2) is 0 Å². The van der Waals surface area contributed by atoms with Crippen molar-refractivity contribution in [3.8, 4) is 0 Å². The van der Waals surface area contributed by atoms with Crippen molar-refractivity contribution in [3.63, 3.8) is 0 Å². The minimum Gasteiger partial charge on any atom is -0.355 e. The number of rotatable bonds is 8. The van der Waals surface area contributed by atoms with Crippen LogP contribution in [0.15, 0.2) is 42.5 Å². The molecule has 0 unspecified atom stereocenters. The van der Waals surface area contributed by atoms with Gasteiger partial charge in [-0.2, -0.15) is 0 Å². The smallest absolute Gasteiger partial charge is 0.237 e. The van der Waals surface area contributed by atoms with E-state index in [2.05, 4.69) is 83.3 Å². The second-order valence-corrected chi connectivity index (χ2v) is 9.18. The lowest BCUT2D eigenvalue weighted by molar-refractivity contribution is -0.125. The lowest BCUT2D eigenvalue weighted by atomic mass is 10.1. The average Bonchev–Trinajstić information content (AvgIpc) is 3.30. The maximum Gasteiger partial charge on any atom is 0.237 e. The van der Waals surface area contributed by atoms with E-state index in [4.69, 9.17) is 0 Å². The number of fused-ring (bicyclic) bond motifs is 3. The van der Waals surface area contributed by atoms with Gasteiger partial charge in [-0.1, -0.05) is 38.1 Å². The number of hydrogen-bond donors (Lipinski definition) is 2. The third kappa shape index (κ3) is 4.48. The van der Waals surface area contributed by atoms with Crippen molar-refractivity contribution in [1.29, 1.82) is 0 Å². The maximum atomic E-state index is 12.6. The monoisotopic (exact) mass is 420 g/mol. The molecule has 2 N–H and O–H groups in total. The summed E-state index contributed by atoms with van der Waals surface area (Å²) in [7, 11) is 0. The lowest BCUT2D eigenvalue weighted by Crippen LogP contribution is -2.44. The van der Waals surface area contributed by atoms with Gasteiger partial charge in [-0.3, -0.25) is 9.69 Å². The number of amides is 1.